The van der Waals surface area contributed by atoms with E-state index in [2.05, 4.69) is 5.32 Å². The molecule has 3 N–H and O–H groups in total. The van der Waals surface area contributed by atoms with E-state index in [1.807, 2.05) is 0 Å². The number of hydrogen-bond donors (Lipinski definition) is 2. The van der Waals surface area contributed by atoms with Gasteiger partial charge >= 0.3 is 6.09 Å². The number of anilines is 1. The second-order valence-corrected chi connectivity index (χ2v) is 4.53. The Morgan fingerprint density at radius 3 is 2.89 bits per heavy atom. The molecule has 0 aromatic heterocycles. The Balaban J connectivity index is 1.88. The molecule has 1 saturated carbocycles. The molecule has 2 atom stereocenters. The fraction of sp³-hybridized carbons (Fsp3) is 0.462. The van der Waals surface area contributed by atoms with Gasteiger partial charge < -0.3 is 10.5 Å². The minimum absolute atomic E-state index is 0.1000. The zero-order valence-corrected chi connectivity index (χ0v) is 10.1. The topological polar surface area (TPSA) is 64.3 Å². The van der Waals surface area contributed by atoms with Crippen LogP contribution >= 0.6 is 0 Å². The normalized spacial score (nSPS) is 23.4. The van der Waals surface area contributed by atoms with Crippen LogP contribution < -0.4 is 11.1 Å². The lowest BCUT2D eigenvalue weighted by atomic mass is 9.93. The van der Waals surface area contributed by atoms with Crippen LogP contribution in [0.5, 0.6) is 0 Å². The molecule has 98 valence electrons. The van der Waals surface area contributed by atoms with Crippen molar-refractivity contribution in [2.75, 3.05) is 5.32 Å². The lowest BCUT2D eigenvalue weighted by molar-refractivity contribution is 0.0728. The van der Waals surface area contributed by atoms with Crippen LogP contribution in [-0.2, 0) is 4.74 Å². The molecule has 1 aromatic carbocycles. The molecule has 0 radical (unpaired) electrons. The Kier molecular flexibility index (Phi) is 4.15. The SMILES string of the molecule is NC1CCCCC1OC(=O)Nc1cccc(F)c1. The molecular formula is C13H17FN2O2. The highest BCUT2D eigenvalue weighted by Gasteiger charge is 2.25. The molecule has 0 aliphatic heterocycles. The predicted molar refractivity (Wildman–Crippen MR) is 66.7 cm³/mol. The molecular weight excluding hydrogens is 235 g/mol. The molecule has 1 amide bonds. The quantitative estimate of drug-likeness (QED) is 0.850. The average Bonchev–Trinajstić information content (AvgIpc) is 2.32. The summed E-state index contributed by atoms with van der Waals surface area (Å²) in [5.41, 5.74) is 6.26. The molecule has 4 nitrogen and oxygen atoms in total. The Hall–Kier alpha value is -1.62. The minimum Gasteiger partial charge on any atom is -0.444 e. The summed E-state index contributed by atoms with van der Waals surface area (Å²) in [6, 6.07) is 5.58. The van der Waals surface area contributed by atoms with Crippen molar-refractivity contribution in [2.45, 2.75) is 37.8 Å². The maximum atomic E-state index is 12.9. The van der Waals surface area contributed by atoms with Gasteiger partial charge in [-0.1, -0.05) is 12.5 Å². The number of ether oxygens (including phenoxy) is 1. The number of carbonyl (C=O) groups excluding carboxylic acids is 1. The number of nitrogens with two attached hydrogens (primary N) is 1. The van der Waals surface area contributed by atoms with Gasteiger partial charge in [-0.15, -0.1) is 0 Å². The van der Waals surface area contributed by atoms with Crippen LogP contribution in [0.1, 0.15) is 25.7 Å². The number of benzene rings is 1. The van der Waals surface area contributed by atoms with Crippen molar-refractivity contribution in [3.63, 3.8) is 0 Å². The van der Waals surface area contributed by atoms with Crippen molar-refractivity contribution in [3.8, 4) is 0 Å². The van der Waals surface area contributed by atoms with Crippen LogP contribution in [0.25, 0.3) is 0 Å². The third kappa shape index (κ3) is 3.43. The fourth-order valence-corrected chi connectivity index (χ4v) is 2.12. The Labute approximate surface area is 105 Å². The first-order valence-corrected chi connectivity index (χ1v) is 6.14. The average molecular weight is 252 g/mol. The molecule has 18 heavy (non-hydrogen) atoms. The van der Waals surface area contributed by atoms with E-state index in [-0.39, 0.29) is 12.1 Å². The first-order valence-electron chi connectivity index (χ1n) is 6.14. The van der Waals surface area contributed by atoms with Gasteiger partial charge in [0.1, 0.15) is 11.9 Å². The monoisotopic (exact) mass is 252 g/mol. The van der Waals surface area contributed by atoms with Crippen LogP contribution in [0.2, 0.25) is 0 Å². The number of hydrogen-bond acceptors (Lipinski definition) is 3. The molecule has 1 aliphatic carbocycles. The minimum atomic E-state index is -0.581. The van der Waals surface area contributed by atoms with E-state index in [0.29, 0.717) is 5.69 Å². The van der Waals surface area contributed by atoms with Crippen LogP contribution in [0.15, 0.2) is 24.3 Å². The van der Waals surface area contributed by atoms with Crippen molar-refractivity contribution in [3.05, 3.63) is 30.1 Å². The van der Waals surface area contributed by atoms with E-state index in [4.69, 9.17) is 10.5 Å². The number of rotatable bonds is 2. The number of halogens is 1. The molecule has 1 aromatic rings. The summed E-state index contributed by atoms with van der Waals surface area (Å²) >= 11 is 0. The van der Waals surface area contributed by atoms with Gasteiger partial charge in [-0.2, -0.15) is 0 Å². The summed E-state index contributed by atoms with van der Waals surface area (Å²) in [5, 5.41) is 2.49. The Morgan fingerprint density at radius 2 is 2.17 bits per heavy atom. The molecule has 0 heterocycles. The molecule has 1 aliphatic rings. The Morgan fingerprint density at radius 1 is 1.39 bits per heavy atom. The van der Waals surface area contributed by atoms with Gasteiger partial charge in [-0.05, 0) is 37.5 Å². The smallest absolute Gasteiger partial charge is 0.411 e. The summed E-state index contributed by atoms with van der Waals surface area (Å²) in [5.74, 6) is -0.401. The van der Waals surface area contributed by atoms with Crippen LogP contribution in [-0.4, -0.2) is 18.2 Å². The lowest BCUT2D eigenvalue weighted by Gasteiger charge is -2.28. The second-order valence-electron chi connectivity index (χ2n) is 4.53. The van der Waals surface area contributed by atoms with Gasteiger partial charge in [0.2, 0.25) is 0 Å². The highest BCUT2D eigenvalue weighted by atomic mass is 19.1. The standard InChI is InChI=1S/C13H17FN2O2/c14-9-4-3-5-10(8-9)16-13(17)18-12-7-2-1-6-11(12)15/h3-5,8,11-12H,1-2,6-7,15H2,(H,16,17). The van der Waals surface area contributed by atoms with Gasteiger partial charge in [0.05, 0.1) is 0 Å². The van der Waals surface area contributed by atoms with E-state index >= 15 is 0 Å². The zero-order valence-electron chi connectivity index (χ0n) is 10.1. The Bertz CT molecular complexity index is 425. The molecule has 2 unspecified atom stereocenters. The maximum absolute atomic E-state index is 12.9. The van der Waals surface area contributed by atoms with Crippen molar-refractivity contribution in [1.29, 1.82) is 0 Å². The predicted octanol–water partition coefficient (Wildman–Crippen LogP) is 2.64. The van der Waals surface area contributed by atoms with Gasteiger partial charge in [0.25, 0.3) is 0 Å². The molecule has 0 bridgehead atoms. The summed E-state index contributed by atoms with van der Waals surface area (Å²) < 4.78 is 18.2. The molecule has 0 saturated heterocycles. The highest BCUT2D eigenvalue weighted by molar-refractivity contribution is 5.84. The molecule has 0 spiro atoms. The zero-order chi connectivity index (χ0) is 13.0. The number of amides is 1. The van der Waals surface area contributed by atoms with E-state index in [1.165, 1.54) is 18.2 Å². The molecule has 5 heteroatoms. The third-order valence-electron chi connectivity index (χ3n) is 3.08. The number of nitrogens with one attached hydrogen (secondary N) is 1. The van der Waals surface area contributed by atoms with Crippen molar-refractivity contribution in [1.82, 2.24) is 0 Å². The summed E-state index contributed by atoms with van der Waals surface area (Å²) in [4.78, 5) is 11.6. The molecule has 1 fully saturated rings. The van der Waals surface area contributed by atoms with E-state index in [1.54, 1.807) is 6.07 Å². The van der Waals surface area contributed by atoms with Crippen LogP contribution in [0.3, 0.4) is 0 Å². The number of carbonyl (C=O) groups is 1. The first kappa shape index (κ1) is 12.8. The molecule has 2 rings (SSSR count). The first-order chi connectivity index (χ1) is 8.65. The second kappa shape index (κ2) is 5.82. The van der Waals surface area contributed by atoms with E-state index < -0.39 is 11.9 Å². The maximum Gasteiger partial charge on any atom is 0.411 e. The highest BCUT2D eigenvalue weighted by Crippen LogP contribution is 2.20. The summed E-state index contributed by atoms with van der Waals surface area (Å²) in [6.45, 7) is 0. The van der Waals surface area contributed by atoms with Gasteiger partial charge in [0.15, 0.2) is 0 Å². The van der Waals surface area contributed by atoms with Crippen LogP contribution in [0.4, 0.5) is 14.9 Å². The van der Waals surface area contributed by atoms with Crippen molar-refractivity contribution in [2.24, 2.45) is 5.73 Å². The van der Waals surface area contributed by atoms with E-state index in [0.717, 1.165) is 25.7 Å². The largest absolute Gasteiger partial charge is 0.444 e. The van der Waals surface area contributed by atoms with Gasteiger partial charge in [-0.3, -0.25) is 5.32 Å². The fourth-order valence-electron chi connectivity index (χ4n) is 2.12. The van der Waals surface area contributed by atoms with Gasteiger partial charge in [-0.25, -0.2) is 9.18 Å². The van der Waals surface area contributed by atoms with Crippen molar-refractivity contribution >= 4 is 11.8 Å². The van der Waals surface area contributed by atoms with Crippen molar-refractivity contribution < 1.29 is 13.9 Å². The third-order valence-corrected chi connectivity index (χ3v) is 3.08. The summed E-state index contributed by atoms with van der Waals surface area (Å²) in [6.07, 6.45) is 2.93. The van der Waals surface area contributed by atoms with Crippen LogP contribution in [0, 0.1) is 5.82 Å². The van der Waals surface area contributed by atoms with E-state index in [9.17, 15) is 9.18 Å². The lowest BCUT2D eigenvalue weighted by Crippen LogP contribution is -2.41. The van der Waals surface area contributed by atoms with Gasteiger partial charge in [0, 0.05) is 11.7 Å². The summed E-state index contributed by atoms with van der Waals surface area (Å²) in [7, 11) is 0.